The second-order valence-corrected chi connectivity index (χ2v) is 6.19. The van der Waals surface area contributed by atoms with E-state index < -0.39 is 0 Å². The first-order valence-corrected chi connectivity index (χ1v) is 8.59. The predicted molar refractivity (Wildman–Crippen MR) is 83.6 cm³/mol. The van der Waals surface area contributed by atoms with Crippen molar-refractivity contribution in [1.29, 1.82) is 0 Å². The van der Waals surface area contributed by atoms with Crippen molar-refractivity contribution in [2.75, 3.05) is 13.7 Å². The van der Waals surface area contributed by atoms with Gasteiger partial charge in [0.15, 0.2) is 0 Å². The summed E-state index contributed by atoms with van der Waals surface area (Å²) in [7, 11) is 2.13. The molecular formula is C17H35NO. The zero-order valence-electron chi connectivity index (χ0n) is 13.4. The van der Waals surface area contributed by atoms with E-state index in [4.69, 9.17) is 4.74 Å². The Morgan fingerprint density at radius 2 is 1.74 bits per heavy atom. The van der Waals surface area contributed by atoms with Crippen molar-refractivity contribution < 1.29 is 4.74 Å². The minimum atomic E-state index is 0.571. The summed E-state index contributed by atoms with van der Waals surface area (Å²) in [5, 5.41) is 3.51. The summed E-state index contributed by atoms with van der Waals surface area (Å²) in [4.78, 5) is 0. The highest BCUT2D eigenvalue weighted by molar-refractivity contribution is 4.83. The molecule has 1 aliphatic rings. The van der Waals surface area contributed by atoms with Gasteiger partial charge in [-0.05, 0) is 45.6 Å². The van der Waals surface area contributed by atoms with Crippen molar-refractivity contribution in [3.63, 3.8) is 0 Å². The average molecular weight is 269 g/mol. The van der Waals surface area contributed by atoms with Gasteiger partial charge in [-0.15, -0.1) is 0 Å². The van der Waals surface area contributed by atoms with Crippen LogP contribution in [0.1, 0.15) is 78.1 Å². The summed E-state index contributed by atoms with van der Waals surface area (Å²) in [6, 6.07) is 0.735. The number of ether oxygens (including phenoxy) is 1. The quantitative estimate of drug-likeness (QED) is 0.526. The summed E-state index contributed by atoms with van der Waals surface area (Å²) >= 11 is 0. The first-order valence-electron chi connectivity index (χ1n) is 8.59. The molecule has 0 bridgehead atoms. The molecule has 1 fully saturated rings. The fourth-order valence-corrected chi connectivity index (χ4v) is 3.19. The molecule has 1 N–H and O–H groups in total. The molecule has 2 heteroatoms. The maximum Gasteiger partial charge on any atom is 0.0580 e. The maximum absolute atomic E-state index is 5.64. The number of hydrogen-bond acceptors (Lipinski definition) is 2. The van der Waals surface area contributed by atoms with Crippen LogP contribution in [0, 0.1) is 5.92 Å². The summed E-state index contributed by atoms with van der Waals surface area (Å²) in [5.41, 5.74) is 0. The third-order valence-electron chi connectivity index (χ3n) is 4.53. The SMILES string of the molecule is CCCCCCCCC(CC1CC(OCC)C1)NC. The smallest absolute Gasteiger partial charge is 0.0580 e. The van der Waals surface area contributed by atoms with Crippen molar-refractivity contribution in [2.45, 2.75) is 90.2 Å². The van der Waals surface area contributed by atoms with E-state index in [1.54, 1.807) is 0 Å². The van der Waals surface area contributed by atoms with E-state index in [0.717, 1.165) is 18.6 Å². The molecule has 0 spiro atoms. The van der Waals surface area contributed by atoms with E-state index in [0.29, 0.717) is 6.10 Å². The van der Waals surface area contributed by atoms with Gasteiger partial charge in [-0.25, -0.2) is 0 Å². The molecular weight excluding hydrogens is 234 g/mol. The molecule has 0 amide bonds. The minimum absolute atomic E-state index is 0.571. The summed E-state index contributed by atoms with van der Waals surface area (Å²) in [6.07, 6.45) is 14.3. The standard InChI is InChI=1S/C17H35NO/c1-4-6-7-8-9-10-11-16(18-3)12-15-13-17(14-15)19-5-2/h15-18H,4-14H2,1-3H3. The van der Waals surface area contributed by atoms with Crippen molar-refractivity contribution in [2.24, 2.45) is 5.92 Å². The third-order valence-corrected chi connectivity index (χ3v) is 4.53. The van der Waals surface area contributed by atoms with Gasteiger partial charge < -0.3 is 10.1 Å². The van der Waals surface area contributed by atoms with Crippen LogP contribution in [0.5, 0.6) is 0 Å². The normalized spacial score (nSPS) is 24.2. The summed E-state index contributed by atoms with van der Waals surface area (Å²) < 4.78 is 5.64. The molecule has 1 unspecified atom stereocenters. The van der Waals surface area contributed by atoms with Crippen molar-refractivity contribution in [3.05, 3.63) is 0 Å². The fourth-order valence-electron chi connectivity index (χ4n) is 3.19. The molecule has 2 nitrogen and oxygen atoms in total. The lowest BCUT2D eigenvalue weighted by Crippen LogP contribution is -2.37. The molecule has 114 valence electrons. The lowest BCUT2D eigenvalue weighted by molar-refractivity contribution is -0.0291. The summed E-state index contributed by atoms with van der Waals surface area (Å²) in [6.45, 7) is 5.26. The van der Waals surface area contributed by atoms with E-state index in [-0.39, 0.29) is 0 Å². The van der Waals surface area contributed by atoms with E-state index in [1.165, 1.54) is 64.2 Å². The van der Waals surface area contributed by atoms with E-state index in [9.17, 15) is 0 Å². The largest absolute Gasteiger partial charge is 0.378 e. The lowest BCUT2D eigenvalue weighted by atomic mass is 9.77. The zero-order valence-corrected chi connectivity index (χ0v) is 13.4. The first-order chi connectivity index (χ1) is 9.30. The van der Waals surface area contributed by atoms with E-state index >= 15 is 0 Å². The Bertz CT molecular complexity index is 201. The Hall–Kier alpha value is -0.0800. The topological polar surface area (TPSA) is 21.3 Å². The molecule has 1 saturated carbocycles. The van der Waals surface area contributed by atoms with Gasteiger partial charge in [0, 0.05) is 12.6 Å². The van der Waals surface area contributed by atoms with Crippen LogP contribution in [-0.4, -0.2) is 25.8 Å². The zero-order chi connectivity index (χ0) is 13.9. The Kier molecular flexibility index (Phi) is 9.54. The molecule has 1 rings (SSSR count). The maximum atomic E-state index is 5.64. The van der Waals surface area contributed by atoms with Crippen molar-refractivity contribution >= 4 is 0 Å². The van der Waals surface area contributed by atoms with Gasteiger partial charge in [-0.1, -0.05) is 45.4 Å². The van der Waals surface area contributed by atoms with Crippen LogP contribution in [0.25, 0.3) is 0 Å². The molecule has 0 aromatic rings. The second kappa shape index (κ2) is 10.7. The van der Waals surface area contributed by atoms with Crippen LogP contribution in [-0.2, 0) is 4.74 Å². The molecule has 0 aromatic carbocycles. The molecule has 0 heterocycles. The van der Waals surface area contributed by atoms with Crippen molar-refractivity contribution in [1.82, 2.24) is 5.32 Å². The van der Waals surface area contributed by atoms with Crippen LogP contribution in [0.4, 0.5) is 0 Å². The number of hydrogen-bond donors (Lipinski definition) is 1. The lowest BCUT2D eigenvalue weighted by Gasteiger charge is -2.37. The predicted octanol–water partition coefficient (Wildman–Crippen LogP) is 4.53. The van der Waals surface area contributed by atoms with Gasteiger partial charge in [0.25, 0.3) is 0 Å². The molecule has 0 saturated heterocycles. The van der Waals surface area contributed by atoms with Crippen LogP contribution in [0.15, 0.2) is 0 Å². The highest BCUT2D eigenvalue weighted by atomic mass is 16.5. The fraction of sp³-hybridized carbons (Fsp3) is 1.00. The summed E-state index contributed by atoms with van der Waals surface area (Å²) in [5.74, 6) is 0.911. The average Bonchev–Trinajstić information content (AvgIpc) is 2.38. The number of nitrogens with one attached hydrogen (secondary N) is 1. The Labute approximate surface area is 120 Å². The number of unbranched alkanes of at least 4 members (excludes halogenated alkanes) is 5. The molecule has 1 aliphatic carbocycles. The molecule has 0 radical (unpaired) electrons. The van der Waals surface area contributed by atoms with Crippen LogP contribution in [0.3, 0.4) is 0 Å². The van der Waals surface area contributed by atoms with Crippen LogP contribution < -0.4 is 5.32 Å². The monoisotopic (exact) mass is 269 g/mol. The Balaban J connectivity index is 1.97. The Morgan fingerprint density at radius 3 is 2.37 bits per heavy atom. The Morgan fingerprint density at radius 1 is 1.05 bits per heavy atom. The molecule has 1 atom stereocenters. The van der Waals surface area contributed by atoms with Crippen molar-refractivity contribution in [3.8, 4) is 0 Å². The van der Waals surface area contributed by atoms with Gasteiger partial charge in [0.2, 0.25) is 0 Å². The van der Waals surface area contributed by atoms with Crippen LogP contribution in [0.2, 0.25) is 0 Å². The van der Waals surface area contributed by atoms with Gasteiger partial charge in [0.1, 0.15) is 0 Å². The highest BCUT2D eigenvalue weighted by Crippen LogP contribution is 2.34. The second-order valence-electron chi connectivity index (χ2n) is 6.19. The van der Waals surface area contributed by atoms with E-state index in [2.05, 4.69) is 26.2 Å². The van der Waals surface area contributed by atoms with Crippen LogP contribution >= 0.6 is 0 Å². The molecule has 0 aromatic heterocycles. The van der Waals surface area contributed by atoms with Gasteiger partial charge >= 0.3 is 0 Å². The minimum Gasteiger partial charge on any atom is -0.378 e. The third kappa shape index (κ3) is 7.31. The number of rotatable bonds is 12. The first kappa shape index (κ1) is 17.0. The van der Waals surface area contributed by atoms with Gasteiger partial charge in [0.05, 0.1) is 6.10 Å². The molecule has 19 heavy (non-hydrogen) atoms. The van der Waals surface area contributed by atoms with Gasteiger partial charge in [-0.3, -0.25) is 0 Å². The molecule has 0 aliphatic heterocycles. The van der Waals surface area contributed by atoms with Gasteiger partial charge in [-0.2, -0.15) is 0 Å². The highest BCUT2D eigenvalue weighted by Gasteiger charge is 2.30. The van der Waals surface area contributed by atoms with E-state index in [1.807, 2.05) is 0 Å².